The SMILES string of the molecule is O=C(CC(Br)(Br)C(Br)(Br)Br)C(F)(F)F. The molecular weight excluding hydrogens is 533 g/mol. The number of carbonyl (C=O) groups is 1. The fraction of sp³-hybridized carbons (Fsp3) is 0.800. The monoisotopic (exact) mass is 530 g/mol. The van der Waals surface area contributed by atoms with Gasteiger partial charge in [0.1, 0.15) is 3.23 Å². The van der Waals surface area contributed by atoms with Crippen LogP contribution in [0.5, 0.6) is 0 Å². The number of carbonyl (C=O) groups excluding carboxylic acids is 1. The van der Waals surface area contributed by atoms with Crippen LogP contribution in [0.3, 0.4) is 0 Å². The second-order valence-electron chi connectivity index (χ2n) is 2.30. The quantitative estimate of drug-likeness (QED) is 0.464. The molecule has 1 nitrogen and oxygen atoms in total. The predicted octanol–water partition coefficient (Wildman–Crippen LogP) is 4.83. The van der Waals surface area contributed by atoms with Gasteiger partial charge in [-0.2, -0.15) is 13.2 Å². The zero-order chi connectivity index (χ0) is 11.8. The first kappa shape index (κ1) is 15.9. The zero-order valence-corrected chi connectivity index (χ0v) is 14.1. The third kappa shape index (κ3) is 4.80. The third-order valence-corrected chi connectivity index (χ3v) is 8.09. The lowest BCUT2D eigenvalue weighted by molar-refractivity contribution is -0.171. The van der Waals surface area contributed by atoms with Gasteiger partial charge in [-0.15, -0.1) is 0 Å². The first-order chi connectivity index (χ1) is 5.88. The van der Waals surface area contributed by atoms with Crippen LogP contribution in [0.25, 0.3) is 0 Å². The van der Waals surface area contributed by atoms with Crippen LogP contribution in [0.2, 0.25) is 0 Å². The zero-order valence-electron chi connectivity index (χ0n) is 6.14. The van der Waals surface area contributed by atoms with Crippen molar-refractivity contribution in [3.05, 3.63) is 0 Å². The fourth-order valence-electron chi connectivity index (χ4n) is 0.402. The lowest BCUT2D eigenvalue weighted by atomic mass is 10.2. The Kier molecular flexibility index (Phi) is 5.68. The van der Waals surface area contributed by atoms with Gasteiger partial charge in [-0.25, -0.2) is 0 Å². The summed E-state index contributed by atoms with van der Waals surface area (Å²) in [4.78, 5) is 10.7. The van der Waals surface area contributed by atoms with Crippen molar-refractivity contribution in [3.63, 3.8) is 0 Å². The summed E-state index contributed by atoms with van der Waals surface area (Å²) < 4.78 is 33.5. The average molecular weight is 535 g/mol. The van der Waals surface area contributed by atoms with E-state index in [0.717, 1.165) is 0 Å². The van der Waals surface area contributed by atoms with Gasteiger partial charge < -0.3 is 0 Å². The minimum Gasteiger partial charge on any atom is -0.289 e. The molecule has 0 bridgehead atoms. The Bertz CT molecular complexity index is 231. The molecule has 0 aliphatic carbocycles. The number of hydrogen-bond donors (Lipinski definition) is 0. The molecule has 0 heterocycles. The first-order valence-corrected chi connectivity index (χ1v) is 6.89. The fourth-order valence-corrected chi connectivity index (χ4v) is 1.33. The topological polar surface area (TPSA) is 17.1 Å². The van der Waals surface area contributed by atoms with Crippen molar-refractivity contribution in [1.29, 1.82) is 0 Å². The molecule has 84 valence electrons. The second-order valence-corrected chi connectivity index (χ2v) is 12.8. The van der Waals surface area contributed by atoms with Gasteiger partial charge in [0.25, 0.3) is 0 Å². The first-order valence-electron chi connectivity index (χ1n) is 2.92. The highest BCUT2D eigenvalue weighted by Crippen LogP contribution is 2.55. The molecule has 0 saturated carbocycles. The third-order valence-electron chi connectivity index (χ3n) is 1.11. The average Bonchev–Trinajstić information content (AvgIpc) is 1.80. The molecule has 0 rings (SSSR count). The van der Waals surface area contributed by atoms with Crippen LogP contribution in [0.4, 0.5) is 13.2 Å². The van der Waals surface area contributed by atoms with Crippen molar-refractivity contribution >= 4 is 85.4 Å². The normalized spacial score (nSPS) is 14.3. The Balaban J connectivity index is 4.62. The molecule has 0 atom stereocenters. The van der Waals surface area contributed by atoms with Crippen molar-refractivity contribution in [3.8, 4) is 0 Å². The molecule has 0 amide bonds. The van der Waals surface area contributed by atoms with Crippen LogP contribution < -0.4 is 0 Å². The van der Waals surface area contributed by atoms with Gasteiger partial charge in [0.15, 0.2) is 2.14 Å². The molecule has 0 unspecified atom stereocenters. The Labute approximate surface area is 120 Å². The van der Waals surface area contributed by atoms with E-state index in [2.05, 4.69) is 79.6 Å². The highest BCUT2D eigenvalue weighted by atomic mass is 80.0. The van der Waals surface area contributed by atoms with Gasteiger partial charge in [0.05, 0.1) is 0 Å². The molecular formula is C5H2Br5F3O. The van der Waals surface area contributed by atoms with Crippen LogP contribution in [-0.2, 0) is 4.79 Å². The van der Waals surface area contributed by atoms with E-state index in [-0.39, 0.29) is 0 Å². The summed E-state index contributed by atoms with van der Waals surface area (Å²) in [6.07, 6.45) is -5.59. The number of halogens is 8. The van der Waals surface area contributed by atoms with Crippen molar-refractivity contribution < 1.29 is 18.0 Å². The smallest absolute Gasteiger partial charge is 0.289 e. The van der Waals surface area contributed by atoms with Crippen LogP contribution in [0, 0.1) is 0 Å². The van der Waals surface area contributed by atoms with Crippen LogP contribution in [0.15, 0.2) is 0 Å². The van der Waals surface area contributed by atoms with Crippen molar-refractivity contribution in [2.75, 3.05) is 0 Å². The van der Waals surface area contributed by atoms with E-state index in [0.29, 0.717) is 0 Å². The number of Topliss-reactive ketones (excluding diaryl/α,β-unsaturated/α-hetero) is 1. The van der Waals surface area contributed by atoms with E-state index < -0.39 is 23.8 Å². The molecule has 0 spiro atoms. The standard InChI is InChI=1S/C5H2Br5F3O/c6-3(7,5(8,9)10)1-2(14)4(11,12)13/h1H2. The van der Waals surface area contributed by atoms with Gasteiger partial charge in [0.2, 0.25) is 5.78 Å². The predicted molar refractivity (Wildman–Crippen MR) is 65.8 cm³/mol. The summed E-state index contributed by atoms with van der Waals surface area (Å²) in [5.41, 5.74) is 0. The van der Waals surface area contributed by atoms with E-state index in [9.17, 15) is 18.0 Å². The van der Waals surface area contributed by atoms with Crippen molar-refractivity contribution in [1.82, 2.24) is 0 Å². The Morgan fingerprint density at radius 1 is 1.00 bits per heavy atom. The molecule has 0 aliphatic heterocycles. The van der Waals surface area contributed by atoms with Gasteiger partial charge >= 0.3 is 6.18 Å². The van der Waals surface area contributed by atoms with Crippen LogP contribution in [-0.4, -0.2) is 17.3 Å². The van der Waals surface area contributed by atoms with Crippen LogP contribution in [0.1, 0.15) is 6.42 Å². The number of rotatable bonds is 2. The summed E-state index contributed by atoms with van der Waals surface area (Å²) >= 11 is 14.9. The minimum absolute atomic E-state index is 0.766. The molecule has 0 aliphatic rings. The van der Waals surface area contributed by atoms with Gasteiger partial charge in [-0.05, 0) is 0 Å². The van der Waals surface area contributed by atoms with Crippen molar-refractivity contribution in [2.45, 2.75) is 18.0 Å². The van der Waals surface area contributed by atoms with E-state index >= 15 is 0 Å². The van der Waals surface area contributed by atoms with E-state index in [4.69, 9.17) is 0 Å². The van der Waals surface area contributed by atoms with Gasteiger partial charge in [-0.3, -0.25) is 4.79 Å². The maximum absolute atomic E-state index is 11.9. The number of alkyl halides is 8. The summed E-state index contributed by atoms with van der Waals surface area (Å²) in [5.74, 6) is -1.83. The molecule has 0 radical (unpaired) electrons. The lowest BCUT2D eigenvalue weighted by Gasteiger charge is -2.28. The number of hydrogen-bond acceptors (Lipinski definition) is 1. The van der Waals surface area contributed by atoms with E-state index in [1.807, 2.05) is 0 Å². The van der Waals surface area contributed by atoms with Gasteiger partial charge in [-0.1, -0.05) is 79.6 Å². The molecule has 0 saturated heterocycles. The maximum atomic E-state index is 11.9. The molecule has 9 heteroatoms. The molecule has 14 heavy (non-hydrogen) atoms. The summed E-state index contributed by atoms with van der Waals surface area (Å²) in [7, 11) is 0. The molecule has 0 aromatic heterocycles. The summed E-state index contributed by atoms with van der Waals surface area (Å²) in [5, 5.41) is 0. The highest BCUT2D eigenvalue weighted by Gasteiger charge is 2.49. The molecule has 0 aromatic carbocycles. The van der Waals surface area contributed by atoms with Crippen LogP contribution >= 0.6 is 79.6 Å². The number of ketones is 1. The second kappa shape index (κ2) is 5.01. The van der Waals surface area contributed by atoms with Crippen molar-refractivity contribution in [2.24, 2.45) is 0 Å². The largest absolute Gasteiger partial charge is 0.450 e. The summed E-state index contributed by atoms with van der Waals surface area (Å²) in [6, 6.07) is 0. The summed E-state index contributed by atoms with van der Waals surface area (Å²) in [6.45, 7) is 0. The lowest BCUT2D eigenvalue weighted by Crippen LogP contribution is -2.36. The highest BCUT2D eigenvalue weighted by molar-refractivity contribution is 9.41. The Morgan fingerprint density at radius 3 is 1.57 bits per heavy atom. The molecule has 0 aromatic rings. The minimum atomic E-state index is -4.83. The maximum Gasteiger partial charge on any atom is 0.450 e. The molecule has 0 fully saturated rings. The molecule has 0 N–H and O–H groups in total. The van der Waals surface area contributed by atoms with E-state index in [1.165, 1.54) is 0 Å². The Hall–Kier alpha value is 1.86. The van der Waals surface area contributed by atoms with E-state index in [1.54, 1.807) is 0 Å². The van der Waals surface area contributed by atoms with Gasteiger partial charge in [0, 0.05) is 6.42 Å². The Morgan fingerprint density at radius 2 is 1.36 bits per heavy atom.